The van der Waals surface area contributed by atoms with Crippen LogP contribution in [0.3, 0.4) is 0 Å². The average Bonchev–Trinajstić information content (AvgIpc) is 2.47. The van der Waals surface area contributed by atoms with Gasteiger partial charge in [-0.3, -0.25) is 9.59 Å². The lowest BCUT2D eigenvalue weighted by Crippen LogP contribution is -2.25. The van der Waals surface area contributed by atoms with Gasteiger partial charge in [0.1, 0.15) is 0 Å². The molecule has 0 bridgehead atoms. The molecule has 1 aliphatic carbocycles. The van der Waals surface area contributed by atoms with Gasteiger partial charge in [0.15, 0.2) is 0 Å². The molecule has 1 saturated carbocycles. The Morgan fingerprint density at radius 2 is 1.90 bits per heavy atom. The Morgan fingerprint density at radius 3 is 2.60 bits per heavy atom. The molecule has 2 rings (SSSR count). The van der Waals surface area contributed by atoms with E-state index >= 15 is 0 Å². The van der Waals surface area contributed by atoms with Gasteiger partial charge in [0.25, 0.3) is 0 Å². The third kappa shape index (κ3) is 4.27. The Hall–Kier alpha value is -1.49. The number of rotatable bonds is 5. The summed E-state index contributed by atoms with van der Waals surface area (Å²) in [5.41, 5.74) is 5.93. The fourth-order valence-electron chi connectivity index (χ4n) is 2.44. The average molecular weight is 292 g/mol. The predicted molar refractivity (Wildman–Crippen MR) is 81.6 cm³/mol. The van der Waals surface area contributed by atoms with Crippen molar-refractivity contribution in [2.75, 3.05) is 11.1 Å². The van der Waals surface area contributed by atoms with Crippen LogP contribution in [0.25, 0.3) is 0 Å². The van der Waals surface area contributed by atoms with Crippen molar-refractivity contribution in [3.63, 3.8) is 0 Å². The van der Waals surface area contributed by atoms with Crippen molar-refractivity contribution in [1.29, 1.82) is 0 Å². The second-order valence-corrected chi connectivity index (χ2v) is 6.09. The predicted octanol–water partition coefficient (Wildman–Crippen LogP) is 2.78. The first kappa shape index (κ1) is 14.9. The van der Waals surface area contributed by atoms with E-state index in [9.17, 15) is 9.59 Å². The summed E-state index contributed by atoms with van der Waals surface area (Å²) in [4.78, 5) is 24.0. The highest BCUT2D eigenvalue weighted by Crippen LogP contribution is 2.29. The first-order chi connectivity index (χ1) is 9.66. The fourth-order valence-corrected chi connectivity index (χ4v) is 3.19. The van der Waals surface area contributed by atoms with Crippen molar-refractivity contribution in [2.24, 2.45) is 11.7 Å². The van der Waals surface area contributed by atoms with Gasteiger partial charge in [0, 0.05) is 10.8 Å². The van der Waals surface area contributed by atoms with Crippen molar-refractivity contribution in [1.82, 2.24) is 0 Å². The van der Waals surface area contributed by atoms with Crippen LogP contribution in [0.5, 0.6) is 0 Å². The molecule has 2 amide bonds. The van der Waals surface area contributed by atoms with Gasteiger partial charge in [-0.15, -0.1) is 11.8 Å². The number of nitrogens with two attached hydrogens (primary N) is 1. The number of hydrogen-bond donors (Lipinski definition) is 2. The van der Waals surface area contributed by atoms with Crippen molar-refractivity contribution in [3.8, 4) is 0 Å². The van der Waals surface area contributed by atoms with E-state index < -0.39 is 0 Å². The molecule has 0 saturated heterocycles. The summed E-state index contributed by atoms with van der Waals surface area (Å²) in [6.07, 6.45) is 5.45. The molecule has 0 atom stereocenters. The molecule has 1 aromatic rings. The molecule has 1 fully saturated rings. The van der Waals surface area contributed by atoms with Gasteiger partial charge in [-0.1, -0.05) is 31.4 Å². The molecule has 0 aliphatic heterocycles. The molecule has 0 aromatic heterocycles. The van der Waals surface area contributed by atoms with Crippen LogP contribution in [0, 0.1) is 5.92 Å². The minimum atomic E-state index is -0.358. The SMILES string of the molecule is NC(=O)CSc1ccccc1NC(=O)C1CCCCC1. The normalized spacial score (nSPS) is 15.8. The number of amides is 2. The molecule has 0 radical (unpaired) electrons. The number of nitrogens with one attached hydrogen (secondary N) is 1. The smallest absolute Gasteiger partial charge is 0.227 e. The third-order valence-electron chi connectivity index (χ3n) is 3.49. The largest absolute Gasteiger partial charge is 0.369 e. The van der Waals surface area contributed by atoms with Crippen LogP contribution in [-0.2, 0) is 9.59 Å². The van der Waals surface area contributed by atoms with Gasteiger partial charge in [0.2, 0.25) is 11.8 Å². The van der Waals surface area contributed by atoms with Gasteiger partial charge >= 0.3 is 0 Å². The van der Waals surface area contributed by atoms with Gasteiger partial charge < -0.3 is 11.1 Å². The first-order valence-corrected chi connectivity index (χ1v) is 7.96. The van der Waals surface area contributed by atoms with E-state index in [0.29, 0.717) is 0 Å². The molecule has 4 nitrogen and oxygen atoms in total. The minimum absolute atomic E-state index is 0.0943. The maximum atomic E-state index is 12.2. The summed E-state index contributed by atoms with van der Waals surface area (Å²) in [6.45, 7) is 0. The van der Waals surface area contributed by atoms with Crippen molar-refractivity contribution >= 4 is 29.3 Å². The van der Waals surface area contributed by atoms with E-state index in [0.717, 1.165) is 36.3 Å². The van der Waals surface area contributed by atoms with E-state index in [4.69, 9.17) is 5.73 Å². The molecular formula is C15H20N2O2S. The summed E-state index contributed by atoms with van der Waals surface area (Å²) in [5.74, 6) is 0.0780. The number of primary amides is 1. The zero-order valence-electron chi connectivity index (χ0n) is 11.4. The van der Waals surface area contributed by atoms with E-state index in [1.165, 1.54) is 18.2 Å². The van der Waals surface area contributed by atoms with Crippen molar-refractivity contribution in [2.45, 2.75) is 37.0 Å². The Labute approximate surface area is 123 Å². The van der Waals surface area contributed by atoms with Crippen LogP contribution in [0.4, 0.5) is 5.69 Å². The number of hydrogen-bond acceptors (Lipinski definition) is 3. The lowest BCUT2D eigenvalue weighted by Gasteiger charge is -2.21. The Balaban J connectivity index is 2.00. The number of benzene rings is 1. The van der Waals surface area contributed by atoms with Crippen molar-refractivity contribution in [3.05, 3.63) is 24.3 Å². The molecule has 20 heavy (non-hydrogen) atoms. The Morgan fingerprint density at radius 1 is 1.20 bits per heavy atom. The van der Waals surface area contributed by atoms with Crippen LogP contribution in [0.1, 0.15) is 32.1 Å². The highest BCUT2D eigenvalue weighted by molar-refractivity contribution is 8.00. The Kier molecular flexibility index (Phi) is 5.47. The van der Waals surface area contributed by atoms with Crippen LogP contribution in [-0.4, -0.2) is 17.6 Å². The maximum Gasteiger partial charge on any atom is 0.227 e. The van der Waals surface area contributed by atoms with Crippen LogP contribution < -0.4 is 11.1 Å². The van der Waals surface area contributed by atoms with Crippen LogP contribution in [0.15, 0.2) is 29.2 Å². The molecule has 5 heteroatoms. The van der Waals surface area contributed by atoms with Gasteiger partial charge in [-0.2, -0.15) is 0 Å². The van der Waals surface area contributed by atoms with Crippen molar-refractivity contribution < 1.29 is 9.59 Å². The van der Waals surface area contributed by atoms with Crippen LogP contribution >= 0.6 is 11.8 Å². The van der Waals surface area contributed by atoms with E-state index in [1.807, 2.05) is 24.3 Å². The summed E-state index contributed by atoms with van der Waals surface area (Å²) < 4.78 is 0. The molecule has 0 spiro atoms. The molecule has 0 unspecified atom stereocenters. The maximum absolute atomic E-state index is 12.2. The minimum Gasteiger partial charge on any atom is -0.369 e. The molecule has 0 heterocycles. The number of anilines is 1. The quantitative estimate of drug-likeness (QED) is 0.820. The molecular weight excluding hydrogens is 272 g/mol. The Bertz CT molecular complexity index is 485. The van der Waals surface area contributed by atoms with E-state index in [2.05, 4.69) is 5.32 Å². The summed E-state index contributed by atoms with van der Waals surface area (Å²) >= 11 is 1.35. The molecule has 108 valence electrons. The van der Waals surface area contributed by atoms with Gasteiger partial charge in [-0.05, 0) is 25.0 Å². The fraction of sp³-hybridized carbons (Fsp3) is 0.467. The zero-order valence-corrected chi connectivity index (χ0v) is 12.2. The third-order valence-corrected chi connectivity index (χ3v) is 4.59. The number of carbonyl (C=O) groups is 2. The highest BCUT2D eigenvalue weighted by Gasteiger charge is 2.21. The number of carbonyl (C=O) groups excluding carboxylic acids is 2. The standard InChI is InChI=1S/C15H20N2O2S/c16-14(18)10-20-13-9-5-4-8-12(13)17-15(19)11-6-2-1-3-7-11/h4-5,8-9,11H,1-3,6-7,10H2,(H2,16,18)(H,17,19). The molecule has 1 aliphatic rings. The monoisotopic (exact) mass is 292 g/mol. The topological polar surface area (TPSA) is 72.2 Å². The lowest BCUT2D eigenvalue weighted by atomic mass is 9.88. The number of para-hydroxylation sites is 1. The second-order valence-electron chi connectivity index (χ2n) is 5.08. The summed E-state index contributed by atoms with van der Waals surface area (Å²) in [7, 11) is 0. The van der Waals surface area contributed by atoms with Gasteiger partial charge in [-0.25, -0.2) is 0 Å². The van der Waals surface area contributed by atoms with E-state index in [-0.39, 0.29) is 23.5 Å². The molecule has 3 N–H and O–H groups in total. The van der Waals surface area contributed by atoms with Crippen LogP contribution in [0.2, 0.25) is 0 Å². The van der Waals surface area contributed by atoms with E-state index in [1.54, 1.807) is 0 Å². The summed E-state index contributed by atoms with van der Waals surface area (Å²) in [5, 5.41) is 2.99. The lowest BCUT2D eigenvalue weighted by molar-refractivity contribution is -0.120. The highest BCUT2D eigenvalue weighted by atomic mass is 32.2. The summed E-state index contributed by atoms with van der Waals surface area (Å²) in [6, 6.07) is 7.53. The first-order valence-electron chi connectivity index (χ1n) is 6.98. The molecule has 1 aromatic carbocycles. The van der Waals surface area contributed by atoms with Gasteiger partial charge in [0.05, 0.1) is 11.4 Å². The zero-order chi connectivity index (χ0) is 14.4. The second kappa shape index (κ2) is 7.33. The number of thioether (sulfide) groups is 1.